The van der Waals surface area contributed by atoms with E-state index in [0.29, 0.717) is 17.5 Å². The number of fused-ring (bicyclic) bond motifs is 3. The Kier molecular flexibility index (Phi) is 4.24. The quantitative estimate of drug-likeness (QED) is 0.697. The van der Waals surface area contributed by atoms with E-state index in [1.807, 2.05) is 25.3 Å². The summed E-state index contributed by atoms with van der Waals surface area (Å²) in [4.78, 5) is 0. The number of nitrogens with two attached hydrogens (primary N) is 1. The first kappa shape index (κ1) is 16.8. The van der Waals surface area contributed by atoms with E-state index < -0.39 is 0 Å². The molecular weight excluding hydrogens is 326 g/mol. The summed E-state index contributed by atoms with van der Waals surface area (Å²) < 4.78 is 13.3. The summed E-state index contributed by atoms with van der Waals surface area (Å²) >= 11 is 0. The fraction of sp³-hybridized carbons (Fsp3) is 0.333. The number of anilines is 3. The average Bonchev–Trinajstić information content (AvgIpc) is 2.94. The van der Waals surface area contributed by atoms with Gasteiger partial charge in [-0.05, 0) is 48.7 Å². The third-order valence-electron chi connectivity index (χ3n) is 5.43. The number of rotatable bonds is 4. The van der Waals surface area contributed by atoms with E-state index in [2.05, 4.69) is 35.1 Å². The van der Waals surface area contributed by atoms with Crippen molar-refractivity contribution in [3.05, 3.63) is 47.7 Å². The van der Waals surface area contributed by atoms with E-state index in [4.69, 9.17) is 15.2 Å². The van der Waals surface area contributed by atoms with Crippen LogP contribution in [-0.4, -0.2) is 24.9 Å². The first-order valence-corrected chi connectivity index (χ1v) is 8.94. The van der Waals surface area contributed by atoms with Crippen LogP contribution in [0.5, 0.6) is 5.75 Å². The van der Waals surface area contributed by atoms with Gasteiger partial charge >= 0.3 is 0 Å². The second-order valence-corrected chi connectivity index (χ2v) is 6.90. The first-order chi connectivity index (χ1) is 12.6. The molecule has 0 spiro atoms. The molecule has 1 aromatic heterocycles. The van der Waals surface area contributed by atoms with Crippen molar-refractivity contribution in [3.8, 4) is 5.75 Å². The predicted molar refractivity (Wildman–Crippen MR) is 106 cm³/mol. The van der Waals surface area contributed by atoms with Gasteiger partial charge in [-0.15, -0.1) is 0 Å². The number of hydrogen-bond acceptors (Lipinski definition) is 4. The maximum atomic E-state index is 5.91. The molecule has 136 valence electrons. The molecular formula is C21H25N3O2. The zero-order valence-corrected chi connectivity index (χ0v) is 15.5. The van der Waals surface area contributed by atoms with Gasteiger partial charge in [-0.2, -0.15) is 0 Å². The average molecular weight is 351 g/mol. The zero-order chi connectivity index (χ0) is 18.3. The molecule has 1 heterocycles. The van der Waals surface area contributed by atoms with Crippen LogP contribution in [0, 0.1) is 0 Å². The Hall–Kier alpha value is -2.66. The van der Waals surface area contributed by atoms with Gasteiger partial charge in [0.1, 0.15) is 5.75 Å². The lowest BCUT2D eigenvalue weighted by Crippen LogP contribution is -2.21. The van der Waals surface area contributed by atoms with E-state index in [1.165, 1.54) is 22.2 Å². The molecule has 5 heteroatoms. The van der Waals surface area contributed by atoms with Gasteiger partial charge in [0, 0.05) is 54.6 Å². The summed E-state index contributed by atoms with van der Waals surface area (Å²) in [6.07, 6.45) is 3.44. The van der Waals surface area contributed by atoms with E-state index in [9.17, 15) is 0 Å². The van der Waals surface area contributed by atoms with Gasteiger partial charge in [-0.3, -0.25) is 0 Å². The Bertz CT molecular complexity index is 962. The molecule has 5 nitrogen and oxygen atoms in total. The van der Waals surface area contributed by atoms with Gasteiger partial charge in [-0.25, -0.2) is 0 Å². The lowest BCUT2D eigenvalue weighted by atomic mass is 9.93. The minimum Gasteiger partial charge on any atom is -0.495 e. The molecule has 2 aromatic carbocycles. The highest BCUT2D eigenvalue weighted by molar-refractivity contribution is 5.89. The summed E-state index contributed by atoms with van der Waals surface area (Å²) in [6.45, 7) is 0. The number of aryl methyl sites for hydroxylation is 1. The van der Waals surface area contributed by atoms with Gasteiger partial charge < -0.3 is 25.1 Å². The summed E-state index contributed by atoms with van der Waals surface area (Å²) in [5.74, 6) is 0.677. The summed E-state index contributed by atoms with van der Waals surface area (Å²) in [6, 6.07) is 12.3. The van der Waals surface area contributed by atoms with E-state index in [-0.39, 0.29) is 0 Å². The molecule has 1 atom stereocenters. The van der Waals surface area contributed by atoms with Crippen molar-refractivity contribution >= 4 is 28.0 Å². The molecule has 0 amide bonds. The largest absolute Gasteiger partial charge is 0.495 e. The van der Waals surface area contributed by atoms with Crippen molar-refractivity contribution in [3.63, 3.8) is 0 Å². The smallest absolute Gasteiger partial charge is 0.143 e. The molecule has 0 radical (unpaired) electrons. The summed E-state index contributed by atoms with van der Waals surface area (Å²) in [7, 11) is 5.60. The third-order valence-corrected chi connectivity index (χ3v) is 5.43. The minimum absolute atomic E-state index is 0.311. The van der Waals surface area contributed by atoms with Crippen LogP contribution in [0.15, 0.2) is 36.4 Å². The van der Waals surface area contributed by atoms with E-state index in [0.717, 1.165) is 30.6 Å². The van der Waals surface area contributed by atoms with Crippen LogP contribution in [0.2, 0.25) is 0 Å². The second-order valence-electron chi connectivity index (χ2n) is 6.90. The van der Waals surface area contributed by atoms with Crippen molar-refractivity contribution < 1.29 is 9.47 Å². The van der Waals surface area contributed by atoms with Crippen LogP contribution in [0.25, 0.3) is 10.9 Å². The number of hydrogen-bond donors (Lipinski definition) is 2. The van der Waals surface area contributed by atoms with Crippen molar-refractivity contribution in [1.82, 2.24) is 4.57 Å². The lowest BCUT2D eigenvalue weighted by molar-refractivity contribution is 0.0908. The van der Waals surface area contributed by atoms with Crippen molar-refractivity contribution in [2.75, 3.05) is 25.3 Å². The Labute approximate surface area is 153 Å². The van der Waals surface area contributed by atoms with Crippen molar-refractivity contribution in [2.24, 2.45) is 7.05 Å². The fourth-order valence-electron chi connectivity index (χ4n) is 3.98. The molecule has 1 unspecified atom stereocenters. The number of nitrogens with one attached hydrogen (secondary N) is 1. The highest BCUT2D eigenvalue weighted by Gasteiger charge is 2.24. The molecule has 26 heavy (non-hydrogen) atoms. The molecule has 3 N–H and O–H groups in total. The fourth-order valence-corrected chi connectivity index (χ4v) is 3.98. The maximum Gasteiger partial charge on any atom is 0.143 e. The lowest BCUT2D eigenvalue weighted by Gasteiger charge is -2.22. The highest BCUT2D eigenvalue weighted by Crippen LogP contribution is 2.35. The second kappa shape index (κ2) is 6.57. The van der Waals surface area contributed by atoms with Gasteiger partial charge in [0.15, 0.2) is 0 Å². The number of aromatic nitrogens is 1. The normalized spacial score (nSPS) is 16.5. The van der Waals surface area contributed by atoms with Crippen LogP contribution in [0.3, 0.4) is 0 Å². The van der Waals surface area contributed by atoms with Crippen LogP contribution in [-0.2, 0) is 24.6 Å². The third kappa shape index (κ3) is 2.78. The van der Waals surface area contributed by atoms with Gasteiger partial charge in [-0.1, -0.05) is 0 Å². The number of benzene rings is 2. The van der Waals surface area contributed by atoms with Gasteiger partial charge in [0.05, 0.1) is 18.9 Å². The van der Waals surface area contributed by atoms with Gasteiger partial charge in [0.2, 0.25) is 0 Å². The highest BCUT2D eigenvalue weighted by atomic mass is 16.5. The van der Waals surface area contributed by atoms with E-state index in [1.54, 1.807) is 7.11 Å². The Morgan fingerprint density at radius 2 is 1.88 bits per heavy atom. The summed E-state index contributed by atoms with van der Waals surface area (Å²) in [5.41, 5.74) is 12.7. The number of ether oxygens (including phenoxy) is 2. The topological polar surface area (TPSA) is 61.4 Å². The van der Waals surface area contributed by atoms with Crippen LogP contribution >= 0.6 is 0 Å². The Balaban J connectivity index is 1.71. The number of methoxy groups -OCH3 is 2. The summed E-state index contributed by atoms with van der Waals surface area (Å²) in [5, 5.41) is 4.77. The molecule has 0 saturated heterocycles. The predicted octanol–water partition coefficient (Wildman–Crippen LogP) is 4.02. The molecule has 1 aliphatic rings. The van der Waals surface area contributed by atoms with Gasteiger partial charge in [0.25, 0.3) is 0 Å². The Morgan fingerprint density at radius 1 is 1.12 bits per heavy atom. The molecule has 4 rings (SSSR count). The number of nitrogen functional groups attached to an aromatic ring is 1. The molecule has 0 aliphatic heterocycles. The van der Waals surface area contributed by atoms with E-state index >= 15 is 0 Å². The first-order valence-electron chi connectivity index (χ1n) is 8.94. The molecule has 0 fully saturated rings. The van der Waals surface area contributed by atoms with Crippen molar-refractivity contribution in [1.29, 1.82) is 0 Å². The monoisotopic (exact) mass is 351 g/mol. The van der Waals surface area contributed by atoms with Crippen LogP contribution < -0.4 is 15.8 Å². The number of nitrogens with zero attached hydrogens (tertiary/aromatic N) is 1. The molecule has 3 aromatic rings. The SMILES string of the molecule is COc1cc(Nc2ccc3c(c2)c2c(n3C)CCC(OC)C2)ccc1N. The van der Waals surface area contributed by atoms with Crippen LogP contribution in [0.4, 0.5) is 17.1 Å². The molecule has 1 aliphatic carbocycles. The molecule has 0 bridgehead atoms. The minimum atomic E-state index is 0.311. The molecule has 0 saturated carbocycles. The van der Waals surface area contributed by atoms with Crippen LogP contribution in [0.1, 0.15) is 17.7 Å². The maximum absolute atomic E-state index is 5.91. The standard InChI is InChI=1S/C21H25N3O2/c1-24-19-8-5-13(23-14-4-7-18(22)21(11-14)26-3)10-16(19)17-12-15(25-2)6-9-20(17)24/h4-5,7-8,10-11,15,23H,6,9,12,22H2,1-3H3. The van der Waals surface area contributed by atoms with Crippen molar-refractivity contribution in [2.45, 2.75) is 25.4 Å². The Morgan fingerprint density at radius 3 is 2.65 bits per heavy atom. The zero-order valence-electron chi connectivity index (χ0n) is 15.5.